The zero-order valence-electron chi connectivity index (χ0n) is 15.2. The molecule has 148 valence electrons. The summed E-state index contributed by atoms with van der Waals surface area (Å²) in [6, 6.07) is 0. The van der Waals surface area contributed by atoms with Crippen LogP contribution in [0.15, 0.2) is 24.8 Å². The maximum atomic E-state index is 14.6. The molecule has 2 unspecified atom stereocenters. The van der Waals surface area contributed by atoms with Gasteiger partial charge in [0.25, 0.3) is 0 Å². The zero-order chi connectivity index (χ0) is 20.3. The summed E-state index contributed by atoms with van der Waals surface area (Å²) >= 11 is 0. The normalized spacial score (nSPS) is 18.5. The summed E-state index contributed by atoms with van der Waals surface area (Å²) in [7, 11) is 0. The summed E-state index contributed by atoms with van der Waals surface area (Å²) in [5, 5.41) is 9.32. The van der Waals surface area contributed by atoms with Crippen LogP contribution < -0.4 is 5.32 Å². The lowest BCUT2D eigenvalue weighted by molar-refractivity contribution is -0.117. The number of nitrogens with zero attached hydrogens (tertiary/aromatic N) is 4. The number of hydrogen-bond acceptors (Lipinski definition) is 4. The molecule has 5 rings (SSSR count). The lowest BCUT2D eigenvalue weighted by Gasteiger charge is -2.11. The number of alkyl halides is 1. The van der Waals surface area contributed by atoms with Gasteiger partial charge < -0.3 is 9.72 Å². The van der Waals surface area contributed by atoms with Crippen LogP contribution in [0.1, 0.15) is 18.9 Å². The molecule has 1 fully saturated rings. The third-order valence-electron chi connectivity index (χ3n) is 5.14. The van der Waals surface area contributed by atoms with E-state index < -0.39 is 29.6 Å². The number of amides is 1. The van der Waals surface area contributed by atoms with Crippen LogP contribution in [0.3, 0.4) is 0 Å². The number of fused-ring (bicyclic) bond motifs is 2. The Bertz CT molecular complexity index is 1280. The van der Waals surface area contributed by atoms with Crippen LogP contribution in [0.5, 0.6) is 0 Å². The Kier molecular flexibility index (Phi) is 3.83. The van der Waals surface area contributed by atoms with Gasteiger partial charge in [0.05, 0.1) is 30.2 Å². The largest absolute Gasteiger partial charge is 0.309 e. The maximum Gasteiger partial charge on any atom is 0.231 e. The van der Waals surface area contributed by atoms with Crippen molar-refractivity contribution in [3.05, 3.63) is 42.0 Å². The van der Waals surface area contributed by atoms with E-state index in [2.05, 4.69) is 25.5 Å². The van der Waals surface area contributed by atoms with Crippen LogP contribution in [-0.2, 0) is 11.2 Å². The lowest BCUT2D eigenvalue weighted by atomic mass is 9.97. The molecule has 1 aliphatic carbocycles. The molecule has 2 atom stereocenters. The van der Waals surface area contributed by atoms with E-state index in [9.17, 15) is 18.0 Å². The van der Waals surface area contributed by atoms with Crippen molar-refractivity contribution in [2.75, 3.05) is 5.32 Å². The molecular formula is C19H15F3N6O. The molecule has 0 radical (unpaired) electrons. The van der Waals surface area contributed by atoms with E-state index >= 15 is 0 Å². The van der Waals surface area contributed by atoms with Gasteiger partial charge in [0.2, 0.25) is 5.91 Å². The summed E-state index contributed by atoms with van der Waals surface area (Å²) in [6.07, 6.45) is 5.46. The average molecular weight is 400 g/mol. The molecule has 0 spiro atoms. The Morgan fingerprint density at radius 3 is 2.83 bits per heavy atom. The highest BCUT2D eigenvalue weighted by Gasteiger charge is 2.43. The first-order chi connectivity index (χ1) is 14.0. The number of halogens is 3. The molecule has 0 saturated heterocycles. The van der Waals surface area contributed by atoms with E-state index in [-0.39, 0.29) is 29.7 Å². The number of anilines is 1. The highest BCUT2D eigenvalue weighted by atomic mass is 19.2. The third-order valence-corrected chi connectivity index (χ3v) is 5.14. The number of rotatable bonds is 4. The van der Waals surface area contributed by atoms with Crippen molar-refractivity contribution in [2.24, 2.45) is 5.92 Å². The second-order valence-electron chi connectivity index (χ2n) is 7.01. The van der Waals surface area contributed by atoms with Gasteiger partial charge in [0.1, 0.15) is 11.7 Å². The van der Waals surface area contributed by atoms with Crippen LogP contribution in [0.2, 0.25) is 0 Å². The lowest BCUT2D eigenvalue weighted by Crippen LogP contribution is -2.15. The van der Waals surface area contributed by atoms with Crippen molar-refractivity contribution in [3.8, 4) is 11.3 Å². The fourth-order valence-corrected chi connectivity index (χ4v) is 3.52. The van der Waals surface area contributed by atoms with Gasteiger partial charge in [-0.3, -0.25) is 14.9 Å². The van der Waals surface area contributed by atoms with Gasteiger partial charge in [-0.1, -0.05) is 6.92 Å². The molecule has 10 heteroatoms. The van der Waals surface area contributed by atoms with Crippen molar-refractivity contribution in [1.82, 2.24) is 24.6 Å². The van der Waals surface area contributed by atoms with Crippen molar-refractivity contribution < 1.29 is 18.0 Å². The number of carbonyl (C=O) groups excluding carboxylic acids is 1. The van der Waals surface area contributed by atoms with Crippen molar-refractivity contribution >= 4 is 28.3 Å². The van der Waals surface area contributed by atoms with E-state index in [0.717, 1.165) is 0 Å². The Labute approximate surface area is 162 Å². The van der Waals surface area contributed by atoms with Gasteiger partial charge in [-0.2, -0.15) is 5.10 Å². The first kappa shape index (κ1) is 17.7. The van der Waals surface area contributed by atoms with Crippen LogP contribution in [0.4, 0.5) is 19.0 Å². The van der Waals surface area contributed by atoms with E-state index in [0.29, 0.717) is 22.3 Å². The van der Waals surface area contributed by atoms with Gasteiger partial charge in [-0.25, -0.2) is 18.2 Å². The minimum Gasteiger partial charge on any atom is -0.309 e. The Hall–Kier alpha value is -3.43. The van der Waals surface area contributed by atoms with Crippen LogP contribution in [-0.4, -0.2) is 36.6 Å². The summed E-state index contributed by atoms with van der Waals surface area (Å²) in [6.45, 7) is 1.73. The van der Waals surface area contributed by atoms with Crippen LogP contribution in [0.25, 0.3) is 27.8 Å². The van der Waals surface area contributed by atoms with Crippen molar-refractivity contribution in [2.45, 2.75) is 25.9 Å². The number of aromatic amines is 1. The molecular weight excluding hydrogens is 385 g/mol. The summed E-state index contributed by atoms with van der Waals surface area (Å²) in [5.74, 6) is -2.69. The van der Waals surface area contributed by atoms with E-state index in [1.54, 1.807) is 23.7 Å². The standard InChI is InChI=1S/C19H15F3N6O/c1-2-8-15(10-4-24-27-18(10)17(22)16(8)21)12-6-28-7-13(25-14(28)5-23-12)26-19(29)9-3-11(9)20/h4-7,9,11H,2-3H2,1H3,(H,24,27)(H,26,29). The third kappa shape index (κ3) is 2.74. The molecule has 3 heterocycles. The molecule has 1 aromatic carbocycles. The average Bonchev–Trinajstić information content (AvgIpc) is 3.09. The Morgan fingerprint density at radius 2 is 2.10 bits per heavy atom. The fourth-order valence-electron chi connectivity index (χ4n) is 3.52. The number of aromatic nitrogens is 5. The number of benzene rings is 1. The van der Waals surface area contributed by atoms with Gasteiger partial charge in [0.15, 0.2) is 23.1 Å². The second kappa shape index (κ2) is 6.29. The highest BCUT2D eigenvalue weighted by molar-refractivity contribution is 5.96. The number of carbonyl (C=O) groups is 1. The molecule has 2 N–H and O–H groups in total. The molecule has 0 aliphatic heterocycles. The molecule has 1 saturated carbocycles. The predicted molar refractivity (Wildman–Crippen MR) is 99.0 cm³/mol. The van der Waals surface area contributed by atoms with Crippen molar-refractivity contribution in [1.29, 1.82) is 0 Å². The summed E-state index contributed by atoms with van der Waals surface area (Å²) in [4.78, 5) is 20.5. The monoisotopic (exact) mass is 400 g/mol. The smallest absolute Gasteiger partial charge is 0.231 e. The molecule has 3 aromatic heterocycles. The molecule has 1 aliphatic rings. The topological polar surface area (TPSA) is 88.0 Å². The van der Waals surface area contributed by atoms with Crippen LogP contribution >= 0.6 is 0 Å². The van der Waals surface area contributed by atoms with Gasteiger partial charge in [-0.05, 0) is 12.8 Å². The maximum absolute atomic E-state index is 14.6. The second-order valence-corrected chi connectivity index (χ2v) is 7.01. The number of hydrogen-bond donors (Lipinski definition) is 2. The highest BCUT2D eigenvalue weighted by Crippen LogP contribution is 2.36. The van der Waals surface area contributed by atoms with Crippen LogP contribution in [0, 0.1) is 17.6 Å². The minimum absolute atomic E-state index is 0.0274. The number of nitrogens with one attached hydrogen (secondary N) is 2. The summed E-state index contributed by atoms with van der Waals surface area (Å²) < 4.78 is 43.5. The number of imidazole rings is 1. The Balaban J connectivity index is 1.60. The molecule has 1 amide bonds. The zero-order valence-corrected chi connectivity index (χ0v) is 15.2. The van der Waals surface area contributed by atoms with Gasteiger partial charge >= 0.3 is 0 Å². The Morgan fingerprint density at radius 1 is 1.31 bits per heavy atom. The predicted octanol–water partition coefficient (Wildman–Crippen LogP) is 3.41. The van der Waals surface area contributed by atoms with Gasteiger partial charge in [0, 0.05) is 22.7 Å². The van der Waals surface area contributed by atoms with E-state index in [4.69, 9.17) is 0 Å². The molecule has 4 aromatic rings. The minimum atomic E-state index is -1.10. The molecule has 7 nitrogen and oxygen atoms in total. The van der Waals surface area contributed by atoms with E-state index in [1.807, 2.05) is 0 Å². The first-order valence-corrected chi connectivity index (χ1v) is 9.11. The SMILES string of the molecule is CCc1c(F)c(F)c2[nH]ncc2c1-c1cn2cc(NC(=O)C3CC3F)nc2cn1. The number of H-pyrrole nitrogens is 1. The first-order valence-electron chi connectivity index (χ1n) is 9.11. The molecule has 29 heavy (non-hydrogen) atoms. The summed E-state index contributed by atoms with van der Waals surface area (Å²) in [5.41, 5.74) is 1.45. The van der Waals surface area contributed by atoms with E-state index in [1.165, 1.54) is 12.4 Å². The quantitative estimate of drug-likeness (QED) is 0.550. The van der Waals surface area contributed by atoms with Gasteiger partial charge in [-0.15, -0.1) is 0 Å². The molecule has 0 bridgehead atoms. The van der Waals surface area contributed by atoms with Crippen molar-refractivity contribution in [3.63, 3.8) is 0 Å². The fraction of sp³-hybridized carbons (Fsp3) is 0.263.